The highest BCUT2D eigenvalue weighted by Gasteiger charge is 2.60. The number of aromatic amines is 1. The largest absolute Gasteiger partial charge is 0.404 e. The molecule has 0 spiro atoms. The van der Waals surface area contributed by atoms with E-state index in [1.54, 1.807) is 0 Å². The fourth-order valence-corrected chi connectivity index (χ4v) is 2.95. The molecule has 8 heteroatoms. The molecule has 1 aliphatic rings. The van der Waals surface area contributed by atoms with Gasteiger partial charge < -0.3 is 15.4 Å². The Kier molecular flexibility index (Phi) is 3.23. The van der Waals surface area contributed by atoms with Gasteiger partial charge in [-0.05, 0) is 29.8 Å². The molecule has 116 valence electrons. The molecule has 2 aromatic rings. The van der Waals surface area contributed by atoms with Crippen molar-refractivity contribution in [2.45, 2.75) is 11.6 Å². The van der Waals surface area contributed by atoms with Crippen molar-refractivity contribution in [3.05, 3.63) is 57.0 Å². The average molecular weight is 331 g/mol. The lowest BCUT2D eigenvalue weighted by atomic mass is 9.71. The summed E-state index contributed by atoms with van der Waals surface area (Å²) < 4.78 is 41.6. The normalized spacial score (nSPS) is 20.0. The summed E-state index contributed by atoms with van der Waals surface area (Å²) in [5, 5.41) is 12.4. The van der Waals surface area contributed by atoms with Crippen LogP contribution >= 0.6 is 11.6 Å². The topological polar surface area (TPSA) is 65.1 Å². The van der Waals surface area contributed by atoms with Crippen LogP contribution in [0, 0.1) is 0 Å². The fourth-order valence-electron chi connectivity index (χ4n) is 2.78. The molecule has 3 N–H and O–H groups in total. The number of hydrogen-bond acceptors (Lipinski definition) is 3. The van der Waals surface area contributed by atoms with Gasteiger partial charge in [-0.1, -0.05) is 11.6 Å². The fraction of sp³-hybridized carbons (Fsp3) is 0.214. The van der Waals surface area contributed by atoms with Gasteiger partial charge in [-0.25, -0.2) is 0 Å². The number of aromatic nitrogens is 1. The zero-order valence-corrected chi connectivity index (χ0v) is 11.7. The first kappa shape index (κ1) is 14.9. The first-order chi connectivity index (χ1) is 10.3. The molecule has 0 aliphatic carbocycles. The smallest absolute Gasteiger partial charge is 0.395 e. The highest BCUT2D eigenvalue weighted by Crippen LogP contribution is 2.53. The molecule has 1 unspecified atom stereocenters. The van der Waals surface area contributed by atoms with E-state index in [-0.39, 0.29) is 27.5 Å². The number of fused-ring (bicyclic) bond motifs is 2. The van der Waals surface area contributed by atoms with Crippen LogP contribution in [-0.4, -0.2) is 22.9 Å². The van der Waals surface area contributed by atoms with Crippen molar-refractivity contribution in [2.75, 3.05) is 11.9 Å². The van der Waals surface area contributed by atoms with Crippen LogP contribution in [0.2, 0.25) is 5.02 Å². The molecule has 1 aromatic carbocycles. The predicted octanol–water partition coefficient (Wildman–Crippen LogP) is 2.93. The van der Waals surface area contributed by atoms with Crippen molar-refractivity contribution in [1.82, 2.24) is 4.98 Å². The highest BCUT2D eigenvalue weighted by molar-refractivity contribution is 6.30. The van der Waals surface area contributed by atoms with Crippen molar-refractivity contribution < 1.29 is 18.3 Å². The Hall–Kier alpha value is -1.99. The molecular weight excluding hydrogens is 321 g/mol. The molecule has 1 aliphatic heterocycles. The summed E-state index contributed by atoms with van der Waals surface area (Å²) in [5.74, 6) is 0. The molecule has 0 saturated carbocycles. The van der Waals surface area contributed by atoms with Crippen LogP contribution in [0.4, 0.5) is 24.5 Å². The maximum Gasteiger partial charge on any atom is 0.404 e. The lowest BCUT2D eigenvalue weighted by Gasteiger charge is -2.40. The monoisotopic (exact) mass is 330 g/mol. The second-order valence-electron chi connectivity index (χ2n) is 4.97. The van der Waals surface area contributed by atoms with Crippen LogP contribution < -0.4 is 10.9 Å². The highest BCUT2D eigenvalue weighted by atomic mass is 35.5. The second-order valence-corrected chi connectivity index (χ2v) is 5.41. The van der Waals surface area contributed by atoms with Crippen LogP contribution in [0.3, 0.4) is 0 Å². The summed E-state index contributed by atoms with van der Waals surface area (Å²) >= 11 is 5.82. The minimum atomic E-state index is -4.81. The number of hydrogen-bond donors (Lipinski definition) is 3. The summed E-state index contributed by atoms with van der Waals surface area (Å²) in [6.07, 6.45) is -3.69. The first-order valence-corrected chi connectivity index (χ1v) is 6.66. The Morgan fingerprint density at radius 2 is 1.95 bits per heavy atom. The number of aliphatic hydroxyl groups is 1. The molecule has 4 nitrogen and oxygen atoms in total. The summed E-state index contributed by atoms with van der Waals surface area (Å²) in [6, 6.07) is 5.05. The zero-order chi connectivity index (χ0) is 16.1. The van der Waals surface area contributed by atoms with E-state index >= 15 is 0 Å². The number of rotatable bonds is 1. The van der Waals surface area contributed by atoms with Gasteiger partial charge >= 0.3 is 6.18 Å². The Morgan fingerprint density at radius 3 is 2.59 bits per heavy atom. The third-order valence-corrected chi connectivity index (χ3v) is 4.08. The van der Waals surface area contributed by atoms with Gasteiger partial charge in [0.1, 0.15) is 11.1 Å². The Morgan fingerprint density at radius 1 is 1.23 bits per heavy atom. The van der Waals surface area contributed by atoms with Crippen LogP contribution in [0.1, 0.15) is 11.1 Å². The Balaban J connectivity index is 2.45. The third kappa shape index (κ3) is 1.85. The maximum atomic E-state index is 13.9. The number of nitrogens with one attached hydrogen (secondary N) is 2. The van der Waals surface area contributed by atoms with E-state index in [1.807, 2.05) is 0 Å². The molecule has 22 heavy (non-hydrogen) atoms. The molecule has 0 fully saturated rings. The average Bonchev–Trinajstić information content (AvgIpc) is 2.44. The van der Waals surface area contributed by atoms with Gasteiger partial charge in [0, 0.05) is 22.5 Å². The maximum absolute atomic E-state index is 13.9. The van der Waals surface area contributed by atoms with Gasteiger partial charge in [-0.15, -0.1) is 0 Å². The van der Waals surface area contributed by atoms with E-state index in [1.165, 1.54) is 12.1 Å². The standard InChI is InChI=1S/C14H10ClF3N2O2/c15-7-1-2-10-9(5-7)13(6-21,14(16,17)18)8-3-4-19-12(22)11(8)20-10/h1-5,20-21H,6H2,(H,19,22). The van der Waals surface area contributed by atoms with Crippen molar-refractivity contribution in [1.29, 1.82) is 0 Å². The number of alkyl halides is 3. The summed E-state index contributed by atoms with van der Waals surface area (Å²) in [7, 11) is 0. The minimum Gasteiger partial charge on any atom is -0.395 e. The molecule has 0 bridgehead atoms. The van der Waals surface area contributed by atoms with Gasteiger partial charge in [0.15, 0.2) is 0 Å². The van der Waals surface area contributed by atoms with Crippen LogP contribution in [0.25, 0.3) is 0 Å². The molecular formula is C14H10ClF3N2O2. The molecule has 2 heterocycles. The first-order valence-electron chi connectivity index (χ1n) is 6.28. The lowest BCUT2D eigenvalue weighted by Crippen LogP contribution is -2.49. The van der Waals surface area contributed by atoms with Gasteiger partial charge in [0.05, 0.1) is 6.61 Å². The molecule has 0 saturated heterocycles. The summed E-state index contributed by atoms with van der Waals surface area (Å²) in [4.78, 5) is 14.2. The predicted molar refractivity (Wildman–Crippen MR) is 75.7 cm³/mol. The summed E-state index contributed by atoms with van der Waals surface area (Å²) in [5.41, 5.74) is -4.10. The summed E-state index contributed by atoms with van der Waals surface area (Å²) in [6.45, 7) is -1.23. The van der Waals surface area contributed by atoms with Crippen LogP contribution in [0.15, 0.2) is 35.3 Å². The zero-order valence-electron chi connectivity index (χ0n) is 11.0. The van der Waals surface area contributed by atoms with Gasteiger partial charge in [-0.3, -0.25) is 4.79 Å². The van der Waals surface area contributed by atoms with Crippen molar-refractivity contribution in [3.8, 4) is 0 Å². The van der Waals surface area contributed by atoms with Gasteiger partial charge in [0.25, 0.3) is 5.56 Å². The molecule has 1 atom stereocenters. The van der Waals surface area contributed by atoms with E-state index in [0.717, 1.165) is 18.3 Å². The van der Waals surface area contributed by atoms with Crippen molar-refractivity contribution >= 4 is 23.0 Å². The second kappa shape index (κ2) is 4.76. The third-order valence-electron chi connectivity index (χ3n) is 3.84. The molecule has 3 rings (SSSR count). The number of pyridine rings is 1. The van der Waals surface area contributed by atoms with E-state index in [0.29, 0.717) is 0 Å². The van der Waals surface area contributed by atoms with E-state index in [2.05, 4.69) is 10.3 Å². The Labute approximate surface area is 127 Å². The van der Waals surface area contributed by atoms with E-state index in [4.69, 9.17) is 11.6 Å². The van der Waals surface area contributed by atoms with Gasteiger partial charge in [-0.2, -0.15) is 13.2 Å². The van der Waals surface area contributed by atoms with Crippen molar-refractivity contribution in [2.24, 2.45) is 0 Å². The SMILES string of the molecule is O=c1[nH]ccc2c1Nc1ccc(Cl)cc1C2(CO)C(F)(F)F. The number of aliphatic hydroxyl groups excluding tert-OH is 1. The molecule has 0 radical (unpaired) electrons. The van der Waals surface area contributed by atoms with Crippen LogP contribution in [0.5, 0.6) is 0 Å². The minimum absolute atomic E-state index is 0.0833. The van der Waals surface area contributed by atoms with E-state index in [9.17, 15) is 23.1 Å². The van der Waals surface area contributed by atoms with E-state index < -0.39 is 23.8 Å². The number of benzene rings is 1. The van der Waals surface area contributed by atoms with Crippen LogP contribution in [-0.2, 0) is 5.41 Å². The quantitative estimate of drug-likeness (QED) is 0.753. The number of H-pyrrole nitrogens is 1. The Bertz CT molecular complexity index is 803. The molecule has 0 amide bonds. The van der Waals surface area contributed by atoms with Gasteiger partial charge in [0.2, 0.25) is 0 Å². The lowest BCUT2D eigenvalue weighted by molar-refractivity contribution is -0.187. The number of anilines is 2. The number of halogens is 4. The molecule has 1 aromatic heterocycles. The van der Waals surface area contributed by atoms with Crippen molar-refractivity contribution in [3.63, 3.8) is 0 Å².